The average molecular weight is 1930 g/mol. The van der Waals surface area contributed by atoms with Crippen LogP contribution in [0.2, 0.25) is 13.6 Å². The molecule has 1 atom stereocenters. The first-order valence-electron chi connectivity index (χ1n) is 36.8. The maximum atomic E-state index is 12.2. The van der Waals surface area contributed by atoms with Gasteiger partial charge in [-0.25, -0.2) is 28.8 Å². The number of ketones is 3. The quantitative estimate of drug-likeness (QED) is 0.0291. The van der Waals surface area contributed by atoms with Gasteiger partial charge in [0.25, 0.3) is 0 Å². The predicted molar refractivity (Wildman–Crippen MR) is 496 cm³/mol. The first-order chi connectivity index (χ1) is 53.3. The minimum absolute atomic E-state index is 0. The van der Waals surface area contributed by atoms with E-state index in [2.05, 4.69) is 82.2 Å². The molecule has 35 heteroatoms. The Morgan fingerprint density at radius 3 is 1.07 bits per heavy atom. The van der Waals surface area contributed by atoms with Crippen LogP contribution in [-0.4, -0.2) is 242 Å². The van der Waals surface area contributed by atoms with Crippen molar-refractivity contribution in [3.05, 3.63) is 147 Å². The molecule has 684 valence electrons. The third-order valence-corrected chi connectivity index (χ3v) is 24.0. The van der Waals surface area contributed by atoms with E-state index < -0.39 is 47.5 Å². The van der Waals surface area contributed by atoms with E-state index in [0.717, 1.165) is 105 Å². The van der Waals surface area contributed by atoms with Crippen molar-refractivity contribution in [3.8, 4) is 0 Å². The van der Waals surface area contributed by atoms with Crippen LogP contribution in [0.5, 0.6) is 0 Å². The first-order valence-corrected chi connectivity index (χ1v) is 42.4. The van der Waals surface area contributed by atoms with Crippen LogP contribution in [0.1, 0.15) is 226 Å². The van der Waals surface area contributed by atoms with Gasteiger partial charge in [0.05, 0.1) is 61.7 Å². The second-order valence-corrected chi connectivity index (χ2v) is 34.8. The Hall–Kier alpha value is -6.12. The standard InChI is InChI=1S/C19H25Br2NO4.C19H25NO4.C11H15O5P.C9H9BrO2.2C6H12BNO2.C5H9NO.C3H9O3P.7CH4/c1-18(2,3)26-17(24)22-11-9-19(21,10-12-22)15(20)13-5-7-14(8-6-13)16(23)25-4;1-19(2,3)24-18(22)20-11-9-15(10-12-20)13-14-5-7-16(8-6-14)17(21)23-4;1-14-11(12)10-6-4-9(5-7-10)8-17(13,15-2)16-3;1-12-9(11)8-4-2-7(6-10)3-5-8;2*1-7(10)8-4-2-6(9)3-5-8;7-5-1-3-6-4-2-5;1-4-7(5-2)6-3;;;;;;;/h5-8,15H,9-12H2,1-4H3;5-8,13H,9-12H2,1-4H3;4-7H,8H2,1-3H3;2-5H,6H2,1H3;2*10H,2-5H2,1H3;6H,1-4H2;1-3H3;7*1H4. The summed E-state index contributed by atoms with van der Waals surface area (Å²) in [6.45, 7) is 21.9. The van der Waals surface area contributed by atoms with E-state index in [-0.39, 0.29) is 97.4 Å². The zero-order chi connectivity index (χ0) is 85.1. The first kappa shape index (κ1) is 125. The summed E-state index contributed by atoms with van der Waals surface area (Å²) in [7, 11) is 7.83. The number of esters is 4. The fourth-order valence-corrected chi connectivity index (χ4v) is 14.0. The summed E-state index contributed by atoms with van der Waals surface area (Å²) in [5.74, 6) is -0.344. The number of likely N-dealkylation sites (tertiary alicyclic amines) is 2. The molecule has 0 spiro atoms. The number of carbonyl (C=O) groups excluding carboxylic acids is 9. The number of methoxy groups -OCH3 is 4. The molecule has 5 fully saturated rings. The van der Waals surface area contributed by atoms with Gasteiger partial charge in [-0.2, -0.15) is 0 Å². The van der Waals surface area contributed by atoms with Gasteiger partial charge in [-0.15, -0.1) is 0 Å². The molecule has 3 N–H and O–H groups in total. The molecular weight excluding hydrogens is 1780 g/mol. The molecule has 0 saturated carbocycles. The molecule has 5 aliphatic heterocycles. The third-order valence-electron chi connectivity index (χ3n) is 17.3. The lowest BCUT2D eigenvalue weighted by Gasteiger charge is -2.41. The van der Waals surface area contributed by atoms with Gasteiger partial charge in [0.1, 0.15) is 28.6 Å². The number of amides is 2. The Bertz CT molecular complexity index is 3560. The Morgan fingerprint density at radius 1 is 0.492 bits per heavy atom. The number of hydrogen-bond donors (Lipinski definition) is 3. The highest BCUT2D eigenvalue weighted by Gasteiger charge is 2.41. The number of nitrogens with one attached hydrogen (secondary N) is 1. The van der Waals surface area contributed by atoms with Gasteiger partial charge in [-0.3, -0.25) is 18.9 Å². The van der Waals surface area contributed by atoms with Crippen molar-refractivity contribution in [1.82, 2.24) is 24.7 Å². The van der Waals surface area contributed by atoms with Crippen molar-refractivity contribution in [1.29, 1.82) is 0 Å². The molecule has 5 aliphatic rings. The van der Waals surface area contributed by atoms with Gasteiger partial charge in [0.2, 0.25) is 0 Å². The summed E-state index contributed by atoms with van der Waals surface area (Å²) >= 11 is 11.0. The summed E-state index contributed by atoms with van der Waals surface area (Å²) in [6, 6.07) is 28.6. The topological polar surface area (TPSA) is 338 Å². The zero-order valence-electron chi connectivity index (χ0n) is 68.4. The molecule has 0 aliphatic carbocycles. The Morgan fingerprint density at radius 2 is 0.800 bits per heavy atom. The number of halogens is 3. The fourth-order valence-electron chi connectivity index (χ4n) is 10.7. The molecule has 4 aromatic carbocycles. The lowest BCUT2D eigenvalue weighted by atomic mass is 9.83. The van der Waals surface area contributed by atoms with Crippen LogP contribution >= 0.6 is 64.0 Å². The zero-order valence-corrected chi connectivity index (χ0v) is 74.9. The van der Waals surface area contributed by atoms with Crippen LogP contribution in [0.3, 0.4) is 0 Å². The van der Waals surface area contributed by atoms with E-state index in [1.54, 1.807) is 105 Å². The Balaban J connectivity index is -0.000000319. The van der Waals surface area contributed by atoms with Gasteiger partial charge in [-0.05, 0) is 178 Å². The number of benzene rings is 4. The van der Waals surface area contributed by atoms with E-state index >= 15 is 0 Å². The highest BCUT2D eigenvalue weighted by atomic mass is 79.9. The van der Waals surface area contributed by atoms with Crippen LogP contribution in [0.15, 0.2) is 103 Å². The molecule has 120 heavy (non-hydrogen) atoms. The molecule has 5 saturated heterocycles. The van der Waals surface area contributed by atoms with E-state index in [9.17, 15) is 47.7 Å². The van der Waals surface area contributed by atoms with E-state index in [4.69, 9.17) is 38.0 Å². The largest absolute Gasteiger partial charge is 0.465 e. The lowest BCUT2D eigenvalue weighted by molar-refractivity contribution is -0.121. The highest BCUT2D eigenvalue weighted by molar-refractivity contribution is 9.12. The van der Waals surface area contributed by atoms with E-state index in [1.165, 1.54) is 48.2 Å². The third kappa shape index (κ3) is 49.4. The van der Waals surface area contributed by atoms with Gasteiger partial charge >= 0.3 is 66.4 Å². The molecule has 2 amide bonds. The Labute approximate surface area is 746 Å². The number of piperidine rings is 5. The normalized spacial score (nSPS) is 14.9. The van der Waals surface area contributed by atoms with Crippen molar-refractivity contribution in [2.45, 2.75) is 203 Å². The summed E-state index contributed by atoms with van der Waals surface area (Å²) in [5, 5.41) is 22.1. The summed E-state index contributed by atoms with van der Waals surface area (Å²) in [4.78, 5) is 109. The van der Waals surface area contributed by atoms with Crippen molar-refractivity contribution in [3.63, 3.8) is 0 Å². The van der Waals surface area contributed by atoms with E-state index in [1.807, 2.05) is 87.6 Å². The van der Waals surface area contributed by atoms with Crippen molar-refractivity contribution in [2.75, 3.05) is 129 Å². The minimum Gasteiger partial charge on any atom is -0.465 e. The van der Waals surface area contributed by atoms with Gasteiger partial charge < -0.3 is 85.8 Å². The van der Waals surface area contributed by atoms with Crippen LogP contribution < -0.4 is 5.32 Å². The number of rotatable bonds is 17. The highest BCUT2D eigenvalue weighted by Crippen LogP contribution is 2.50. The monoisotopic (exact) mass is 1920 g/mol. The predicted octanol–water partition coefficient (Wildman–Crippen LogP) is 18.9. The van der Waals surface area contributed by atoms with Crippen LogP contribution in [0, 0.1) is 0 Å². The molecule has 1 unspecified atom stereocenters. The van der Waals surface area contributed by atoms with Crippen LogP contribution in [-0.2, 0) is 81.5 Å². The van der Waals surface area contributed by atoms with Crippen molar-refractivity contribution in [2.24, 2.45) is 0 Å². The fraction of sp³-hybridized carbons (Fsp3) is 0.588. The molecule has 0 aromatic heterocycles. The van der Waals surface area contributed by atoms with Gasteiger partial charge in [0, 0.05) is 123 Å². The molecule has 0 bridgehead atoms. The second-order valence-electron chi connectivity index (χ2n) is 28.0. The molecule has 28 nitrogen and oxygen atoms in total. The van der Waals surface area contributed by atoms with Crippen molar-refractivity contribution < 1.29 is 109 Å². The van der Waals surface area contributed by atoms with Crippen LogP contribution in [0.25, 0.3) is 6.08 Å². The van der Waals surface area contributed by atoms with Crippen LogP contribution in [0.4, 0.5) is 9.59 Å². The number of ether oxygens (including phenoxy) is 6. The SMILES string of the molecule is C.C.C.C.C.C.C.CB(O)N1CCC(=O)CC1.CB(O)N1CCC(=O)CC1.COC(=O)c1ccc(C(Br)C2(Br)CCN(C(=O)OC(C)(C)C)CC2)cc1.COC(=O)c1ccc(C=C2CCN(C(=O)OC(C)(C)C)CC2)cc1.COC(=O)c1ccc(CBr)cc1.COC(=O)c1ccc(CP(=O)(OC)OC)cc1.COP(OC)OC.O=C1CCNCC1. The molecular formula is C85H144B2Br3N5O23P2. The molecule has 9 rings (SSSR count). The van der Waals surface area contributed by atoms with Crippen molar-refractivity contribution >= 4 is 138 Å². The van der Waals surface area contributed by atoms with Gasteiger partial charge in [0.15, 0.2) is 0 Å². The number of hydrogen-bond acceptors (Lipinski definition) is 26. The van der Waals surface area contributed by atoms with E-state index in [0.29, 0.717) is 91.5 Å². The maximum Gasteiger partial charge on any atom is 0.410 e. The summed E-state index contributed by atoms with van der Waals surface area (Å²) < 4.78 is 64.8. The number of carbonyl (C=O) groups is 9. The summed E-state index contributed by atoms with van der Waals surface area (Å²) in [6.07, 6.45) is 8.91. The second kappa shape index (κ2) is 65.5. The molecule has 4 aromatic rings. The minimum atomic E-state index is -3.06. The lowest BCUT2D eigenvalue weighted by Crippen LogP contribution is -2.47. The molecule has 5 heterocycles. The average Bonchev–Trinajstić information content (AvgIpc) is 0.797. The molecule has 0 radical (unpaired) electrons. The smallest absolute Gasteiger partial charge is 0.410 e. The van der Waals surface area contributed by atoms with Gasteiger partial charge in [-0.1, -0.05) is 160 Å². The maximum absolute atomic E-state index is 12.2. The summed E-state index contributed by atoms with van der Waals surface area (Å²) in [5.41, 5.74) is 6.46. The number of Topliss-reactive ketones (excluding diaryl/α,β-unsaturated/α-hetero) is 3. The number of nitrogens with zero attached hydrogens (tertiary/aromatic N) is 4. The number of alkyl halides is 3. The Kier molecular flexibility index (Phi) is 68.0.